The van der Waals surface area contributed by atoms with E-state index in [1.807, 2.05) is 0 Å². The van der Waals surface area contributed by atoms with Crippen LogP contribution in [0.15, 0.2) is 0 Å². The molecule has 5 nitrogen and oxygen atoms in total. The molecular formula is C42H85N3O2. The SMILES string of the molecule is CCCCCCCCCCCNC(=O)CCCCCNCCCCCCCC(=O)NC(CCCCCCCC)CCCCCCCC. The zero-order valence-electron chi connectivity index (χ0n) is 32.3. The predicted molar refractivity (Wildman–Crippen MR) is 207 cm³/mol. The number of hydrogen-bond acceptors (Lipinski definition) is 3. The van der Waals surface area contributed by atoms with Crippen LogP contribution in [0, 0.1) is 0 Å². The standard InChI is InChI=1S/C42H85N3O2/c1-4-7-10-13-16-17-18-24-32-39-44-41(46)35-29-25-31-38-43-37-30-23-19-22-28-36-42(47)45-40(33-26-20-14-11-8-5-2)34-27-21-15-12-9-6-3/h40,43H,4-39H2,1-3H3,(H,44,46)(H,45,47). The molecule has 0 spiro atoms. The van der Waals surface area contributed by atoms with Gasteiger partial charge in [0.25, 0.3) is 0 Å². The van der Waals surface area contributed by atoms with Crippen molar-refractivity contribution in [1.29, 1.82) is 0 Å². The first-order valence-corrected chi connectivity index (χ1v) is 21.4. The zero-order chi connectivity index (χ0) is 34.3. The summed E-state index contributed by atoms with van der Waals surface area (Å²) in [4.78, 5) is 24.7. The summed E-state index contributed by atoms with van der Waals surface area (Å²) in [6, 6.07) is 0.387. The molecule has 0 aliphatic rings. The maximum absolute atomic E-state index is 12.7. The minimum Gasteiger partial charge on any atom is -0.356 e. The van der Waals surface area contributed by atoms with Crippen molar-refractivity contribution < 1.29 is 9.59 Å². The molecule has 0 bridgehead atoms. The Balaban J connectivity index is 3.65. The van der Waals surface area contributed by atoms with E-state index in [1.165, 1.54) is 148 Å². The highest BCUT2D eigenvalue weighted by atomic mass is 16.2. The molecule has 0 aromatic heterocycles. The second-order valence-electron chi connectivity index (χ2n) is 14.6. The molecule has 0 unspecified atom stereocenters. The normalized spacial score (nSPS) is 11.4. The second-order valence-corrected chi connectivity index (χ2v) is 14.6. The van der Waals surface area contributed by atoms with Crippen LogP contribution in [0.1, 0.15) is 233 Å². The lowest BCUT2D eigenvalue weighted by Gasteiger charge is -2.19. The van der Waals surface area contributed by atoms with Crippen LogP contribution in [0.25, 0.3) is 0 Å². The third-order valence-corrected chi connectivity index (χ3v) is 9.79. The van der Waals surface area contributed by atoms with Gasteiger partial charge in [-0.2, -0.15) is 0 Å². The van der Waals surface area contributed by atoms with Gasteiger partial charge in [-0.15, -0.1) is 0 Å². The van der Waals surface area contributed by atoms with Gasteiger partial charge in [0.2, 0.25) is 11.8 Å². The molecular weight excluding hydrogens is 578 g/mol. The van der Waals surface area contributed by atoms with E-state index in [1.54, 1.807) is 0 Å². The van der Waals surface area contributed by atoms with E-state index in [2.05, 4.69) is 36.7 Å². The summed E-state index contributed by atoms with van der Waals surface area (Å²) in [7, 11) is 0. The summed E-state index contributed by atoms with van der Waals surface area (Å²) in [5.74, 6) is 0.515. The van der Waals surface area contributed by atoms with Crippen LogP contribution in [0.2, 0.25) is 0 Å². The highest BCUT2D eigenvalue weighted by Crippen LogP contribution is 2.15. The molecule has 0 fully saturated rings. The summed E-state index contributed by atoms with van der Waals surface area (Å²) in [6.45, 7) is 9.80. The van der Waals surface area contributed by atoms with Crippen molar-refractivity contribution in [3.05, 3.63) is 0 Å². The fourth-order valence-corrected chi connectivity index (χ4v) is 6.59. The number of rotatable bonds is 39. The van der Waals surface area contributed by atoms with Crippen molar-refractivity contribution in [2.45, 2.75) is 239 Å². The summed E-state index contributed by atoms with van der Waals surface area (Å²) < 4.78 is 0. The van der Waals surface area contributed by atoms with Crippen molar-refractivity contribution in [2.24, 2.45) is 0 Å². The molecule has 0 aliphatic carbocycles. The quantitative estimate of drug-likeness (QED) is 0.0573. The third-order valence-electron chi connectivity index (χ3n) is 9.79. The molecule has 0 aromatic rings. The molecule has 0 saturated carbocycles. The maximum Gasteiger partial charge on any atom is 0.220 e. The molecule has 0 rings (SSSR count). The summed E-state index contributed by atoms with van der Waals surface area (Å²) in [6.07, 6.45) is 40.6. The molecule has 0 atom stereocenters. The maximum atomic E-state index is 12.7. The Morgan fingerprint density at radius 1 is 0.383 bits per heavy atom. The molecule has 280 valence electrons. The Labute approximate surface area is 295 Å². The number of amides is 2. The molecule has 0 heterocycles. The Bertz CT molecular complexity index is 625. The first kappa shape index (κ1) is 45.9. The highest BCUT2D eigenvalue weighted by molar-refractivity contribution is 5.76. The number of nitrogens with one attached hydrogen (secondary N) is 3. The van der Waals surface area contributed by atoms with Crippen LogP contribution in [0.4, 0.5) is 0 Å². The van der Waals surface area contributed by atoms with Crippen molar-refractivity contribution in [3.63, 3.8) is 0 Å². The Kier molecular flexibility index (Phi) is 38.4. The van der Waals surface area contributed by atoms with Crippen molar-refractivity contribution in [2.75, 3.05) is 19.6 Å². The van der Waals surface area contributed by atoms with Gasteiger partial charge in [-0.25, -0.2) is 0 Å². The van der Waals surface area contributed by atoms with Gasteiger partial charge >= 0.3 is 0 Å². The van der Waals surface area contributed by atoms with Crippen molar-refractivity contribution in [1.82, 2.24) is 16.0 Å². The monoisotopic (exact) mass is 664 g/mol. The predicted octanol–water partition coefficient (Wildman–Crippen LogP) is 12.1. The van der Waals surface area contributed by atoms with Crippen LogP contribution < -0.4 is 16.0 Å². The molecule has 0 aliphatic heterocycles. The fourth-order valence-electron chi connectivity index (χ4n) is 6.59. The van der Waals surface area contributed by atoms with Crippen LogP contribution in [-0.2, 0) is 9.59 Å². The summed E-state index contributed by atoms with van der Waals surface area (Å²) in [5, 5.41) is 10.1. The third kappa shape index (κ3) is 37.6. The molecule has 2 amide bonds. The minimum atomic E-state index is 0.233. The Morgan fingerprint density at radius 3 is 1.19 bits per heavy atom. The average Bonchev–Trinajstić information content (AvgIpc) is 3.07. The van der Waals surface area contributed by atoms with E-state index in [9.17, 15) is 9.59 Å². The molecule has 5 heteroatoms. The van der Waals surface area contributed by atoms with Gasteiger partial charge in [0.1, 0.15) is 0 Å². The second kappa shape index (κ2) is 39.3. The lowest BCUT2D eigenvalue weighted by atomic mass is 9.99. The van der Waals surface area contributed by atoms with Crippen LogP contribution in [0.3, 0.4) is 0 Å². The van der Waals surface area contributed by atoms with E-state index in [4.69, 9.17) is 0 Å². The van der Waals surface area contributed by atoms with Gasteiger partial charge in [-0.3, -0.25) is 9.59 Å². The minimum absolute atomic E-state index is 0.233. The smallest absolute Gasteiger partial charge is 0.220 e. The van der Waals surface area contributed by atoms with Crippen molar-refractivity contribution in [3.8, 4) is 0 Å². The van der Waals surface area contributed by atoms with Gasteiger partial charge in [0, 0.05) is 25.4 Å². The Hall–Kier alpha value is -1.10. The molecule has 3 N–H and O–H groups in total. The van der Waals surface area contributed by atoms with Gasteiger partial charge < -0.3 is 16.0 Å². The lowest BCUT2D eigenvalue weighted by Crippen LogP contribution is -2.34. The summed E-state index contributed by atoms with van der Waals surface area (Å²) >= 11 is 0. The van der Waals surface area contributed by atoms with Gasteiger partial charge in [-0.05, 0) is 58.0 Å². The van der Waals surface area contributed by atoms with Gasteiger partial charge in [-0.1, -0.05) is 175 Å². The zero-order valence-corrected chi connectivity index (χ0v) is 32.3. The number of carbonyl (C=O) groups is 2. The van der Waals surface area contributed by atoms with E-state index in [-0.39, 0.29) is 11.8 Å². The van der Waals surface area contributed by atoms with E-state index >= 15 is 0 Å². The van der Waals surface area contributed by atoms with Gasteiger partial charge in [0.05, 0.1) is 0 Å². The Morgan fingerprint density at radius 2 is 0.723 bits per heavy atom. The van der Waals surface area contributed by atoms with E-state index < -0.39 is 0 Å². The molecule has 0 saturated heterocycles. The topological polar surface area (TPSA) is 70.2 Å². The first-order chi connectivity index (χ1) is 23.1. The number of unbranched alkanes of at least 4 members (excludes halogenated alkanes) is 24. The molecule has 0 aromatic carbocycles. The lowest BCUT2D eigenvalue weighted by molar-refractivity contribution is -0.122. The van der Waals surface area contributed by atoms with Gasteiger partial charge in [0.15, 0.2) is 0 Å². The molecule has 0 radical (unpaired) electrons. The number of carbonyl (C=O) groups excluding carboxylic acids is 2. The van der Waals surface area contributed by atoms with E-state index in [0.29, 0.717) is 18.9 Å². The average molecular weight is 664 g/mol. The van der Waals surface area contributed by atoms with E-state index in [0.717, 1.165) is 71.0 Å². The fraction of sp³-hybridized carbons (Fsp3) is 0.952. The largest absolute Gasteiger partial charge is 0.356 e. The van der Waals surface area contributed by atoms with Crippen LogP contribution in [-0.4, -0.2) is 37.5 Å². The van der Waals surface area contributed by atoms with Crippen LogP contribution >= 0.6 is 0 Å². The summed E-state index contributed by atoms with van der Waals surface area (Å²) in [5.41, 5.74) is 0. The first-order valence-electron chi connectivity index (χ1n) is 21.4. The highest BCUT2D eigenvalue weighted by Gasteiger charge is 2.12. The van der Waals surface area contributed by atoms with Crippen LogP contribution in [0.5, 0.6) is 0 Å². The molecule has 47 heavy (non-hydrogen) atoms. The van der Waals surface area contributed by atoms with Crippen molar-refractivity contribution >= 4 is 11.8 Å². The number of hydrogen-bond donors (Lipinski definition) is 3.